The lowest BCUT2D eigenvalue weighted by atomic mass is 10.2. The number of benzene rings is 1. The molecular formula is C15H16F5NO. The Kier molecular flexibility index (Phi) is 7.56. The van der Waals surface area contributed by atoms with Crippen LogP contribution in [0.2, 0.25) is 0 Å². The number of oxime groups is 1. The van der Waals surface area contributed by atoms with Gasteiger partial charge in [0.1, 0.15) is 6.61 Å². The molecule has 1 rings (SSSR count). The van der Waals surface area contributed by atoms with E-state index in [1.165, 1.54) is 6.21 Å². The second-order valence-electron chi connectivity index (χ2n) is 4.50. The first kappa shape index (κ1) is 18.1. The van der Waals surface area contributed by atoms with Crippen molar-refractivity contribution in [3.63, 3.8) is 0 Å². The van der Waals surface area contributed by atoms with Gasteiger partial charge in [0.15, 0.2) is 23.3 Å². The molecule has 1 aromatic carbocycles. The van der Waals surface area contributed by atoms with Gasteiger partial charge in [-0.1, -0.05) is 31.0 Å². The molecule has 0 aliphatic carbocycles. The predicted molar refractivity (Wildman–Crippen MR) is 72.8 cm³/mol. The lowest BCUT2D eigenvalue weighted by molar-refractivity contribution is 0.124. The van der Waals surface area contributed by atoms with Gasteiger partial charge in [0, 0.05) is 0 Å². The maximum atomic E-state index is 13.3. The molecule has 0 bridgehead atoms. The molecule has 0 fully saturated rings. The Labute approximate surface area is 125 Å². The maximum Gasteiger partial charge on any atom is 0.200 e. The summed E-state index contributed by atoms with van der Waals surface area (Å²) in [4.78, 5) is 4.54. The SMILES string of the molecule is CCCCC/C=C/C=N/OCc1c(F)c(F)c(F)c(F)c1F. The predicted octanol–water partition coefficient (Wildman–Crippen LogP) is 5.02. The van der Waals surface area contributed by atoms with Crippen LogP contribution in [0, 0.1) is 29.1 Å². The normalized spacial score (nSPS) is 11.7. The first-order valence-corrected chi connectivity index (χ1v) is 6.81. The van der Waals surface area contributed by atoms with E-state index in [4.69, 9.17) is 0 Å². The monoisotopic (exact) mass is 321 g/mol. The van der Waals surface area contributed by atoms with Gasteiger partial charge in [-0.25, -0.2) is 22.0 Å². The van der Waals surface area contributed by atoms with Crippen molar-refractivity contribution in [2.45, 2.75) is 39.2 Å². The molecule has 122 valence electrons. The summed E-state index contributed by atoms with van der Waals surface area (Å²) in [5.41, 5.74) is -1.06. The largest absolute Gasteiger partial charge is 0.391 e. The molecule has 2 nitrogen and oxygen atoms in total. The van der Waals surface area contributed by atoms with E-state index < -0.39 is 41.3 Å². The molecule has 7 heteroatoms. The summed E-state index contributed by atoms with van der Waals surface area (Å²) in [6, 6.07) is 0. The number of unbranched alkanes of at least 4 members (excludes halogenated alkanes) is 3. The van der Waals surface area contributed by atoms with Crippen LogP contribution < -0.4 is 0 Å². The van der Waals surface area contributed by atoms with Crippen molar-refractivity contribution in [2.75, 3.05) is 0 Å². The highest BCUT2D eigenvalue weighted by Crippen LogP contribution is 2.23. The Balaban J connectivity index is 2.56. The van der Waals surface area contributed by atoms with Gasteiger partial charge in [-0.15, -0.1) is 0 Å². The standard InChI is InChI=1S/C15H16F5NO/c1-2-3-4-5-6-7-8-21-22-9-10-11(16)13(18)15(20)14(19)12(10)17/h6-8H,2-5,9H2,1H3/b7-6+,21-8+. The summed E-state index contributed by atoms with van der Waals surface area (Å²) in [6.45, 7) is 1.23. The minimum atomic E-state index is -2.20. The lowest BCUT2D eigenvalue weighted by Crippen LogP contribution is -2.07. The average Bonchev–Trinajstić information content (AvgIpc) is 2.52. The Morgan fingerprint density at radius 2 is 1.50 bits per heavy atom. The first-order valence-electron chi connectivity index (χ1n) is 6.81. The van der Waals surface area contributed by atoms with Crippen LogP contribution in [0.4, 0.5) is 22.0 Å². The zero-order chi connectivity index (χ0) is 16.5. The lowest BCUT2D eigenvalue weighted by Gasteiger charge is -2.06. The van der Waals surface area contributed by atoms with Gasteiger partial charge in [0.25, 0.3) is 0 Å². The van der Waals surface area contributed by atoms with Crippen molar-refractivity contribution in [1.82, 2.24) is 0 Å². The van der Waals surface area contributed by atoms with Crippen molar-refractivity contribution in [3.05, 3.63) is 46.8 Å². The third-order valence-electron chi connectivity index (χ3n) is 2.84. The Bertz CT molecular complexity index is 528. The van der Waals surface area contributed by atoms with Crippen LogP contribution in [-0.4, -0.2) is 6.21 Å². The van der Waals surface area contributed by atoms with E-state index in [2.05, 4.69) is 16.9 Å². The minimum Gasteiger partial charge on any atom is -0.391 e. The van der Waals surface area contributed by atoms with Gasteiger partial charge in [-0.05, 0) is 18.9 Å². The summed E-state index contributed by atoms with van der Waals surface area (Å²) < 4.78 is 65.2. The van der Waals surface area contributed by atoms with E-state index in [1.54, 1.807) is 6.08 Å². The second-order valence-corrected chi connectivity index (χ2v) is 4.50. The molecular weight excluding hydrogens is 305 g/mol. The van der Waals surface area contributed by atoms with E-state index in [9.17, 15) is 22.0 Å². The molecule has 0 saturated carbocycles. The van der Waals surface area contributed by atoms with Crippen LogP contribution in [0.5, 0.6) is 0 Å². The number of halogens is 5. The molecule has 0 atom stereocenters. The van der Waals surface area contributed by atoms with E-state index in [0.29, 0.717) is 0 Å². The van der Waals surface area contributed by atoms with Crippen molar-refractivity contribution < 1.29 is 26.8 Å². The third kappa shape index (κ3) is 4.82. The summed E-state index contributed by atoms with van der Waals surface area (Å²) in [5.74, 6) is -10.0. The van der Waals surface area contributed by atoms with Crippen LogP contribution in [0.15, 0.2) is 17.3 Å². The van der Waals surface area contributed by atoms with Crippen molar-refractivity contribution in [1.29, 1.82) is 0 Å². The molecule has 22 heavy (non-hydrogen) atoms. The Morgan fingerprint density at radius 3 is 2.09 bits per heavy atom. The van der Waals surface area contributed by atoms with Gasteiger partial charge in [0.2, 0.25) is 5.82 Å². The molecule has 0 aliphatic rings. The highest BCUT2D eigenvalue weighted by Gasteiger charge is 2.25. The van der Waals surface area contributed by atoms with Gasteiger partial charge >= 0.3 is 0 Å². The van der Waals surface area contributed by atoms with Crippen LogP contribution in [0.25, 0.3) is 0 Å². The topological polar surface area (TPSA) is 21.6 Å². The quantitative estimate of drug-likeness (QED) is 0.164. The van der Waals surface area contributed by atoms with Crippen LogP contribution in [-0.2, 0) is 11.4 Å². The minimum absolute atomic E-state index is 0.855. The molecule has 0 unspecified atom stereocenters. The molecule has 0 spiro atoms. The molecule has 1 aromatic rings. The van der Waals surface area contributed by atoms with Gasteiger partial charge in [0.05, 0.1) is 11.8 Å². The fourth-order valence-corrected chi connectivity index (χ4v) is 1.63. The molecule has 0 amide bonds. The zero-order valence-corrected chi connectivity index (χ0v) is 12.0. The molecule has 0 radical (unpaired) electrons. The van der Waals surface area contributed by atoms with Gasteiger partial charge in [-0.2, -0.15) is 0 Å². The molecule has 0 aromatic heterocycles. The van der Waals surface area contributed by atoms with Crippen LogP contribution >= 0.6 is 0 Å². The van der Waals surface area contributed by atoms with Crippen molar-refractivity contribution >= 4 is 6.21 Å². The van der Waals surface area contributed by atoms with Crippen LogP contribution in [0.1, 0.15) is 38.2 Å². The molecule has 0 N–H and O–H groups in total. The first-order chi connectivity index (χ1) is 10.5. The number of rotatable bonds is 8. The third-order valence-corrected chi connectivity index (χ3v) is 2.84. The Morgan fingerprint density at radius 1 is 0.909 bits per heavy atom. The Hall–Kier alpha value is -1.92. The smallest absolute Gasteiger partial charge is 0.200 e. The highest BCUT2D eigenvalue weighted by molar-refractivity contribution is 5.70. The van der Waals surface area contributed by atoms with Crippen molar-refractivity contribution in [3.8, 4) is 0 Å². The number of hydrogen-bond donors (Lipinski definition) is 0. The molecule has 0 saturated heterocycles. The van der Waals surface area contributed by atoms with E-state index >= 15 is 0 Å². The van der Waals surface area contributed by atoms with E-state index in [0.717, 1.165) is 25.7 Å². The summed E-state index contributed by atoms with van der Waals surface area (Å²) >= 11 is 0. The van der Waals surface area contributed by atoms with E-state index in [-0.39, 0.29) is 0 Å². The van der Waals surface area contributed by atoms with E-state index in [1.807, 2.05) is 6.08 Å². The highest BCUT2D eigenvalue weighted by atomic mass is 19.2. The summed E-state index contributed by atoms with van der Waals surface area (Å²) in [5, 5.41) is 3.36. The van der Waals surface area contributed by atoms with Gasteiger partial charge < -0.3 is 4.84 Å². The average molecular weight is 321 g/mol. The maximum absolute atomic E-state index is 13.3. The van der Waals surface area contributed by atoms with Crippen LogP contribution in [0.3, 0.4) is 0 Å². The number of hydrogen-bond acceptors (Lipinski definition) is 2. The number of allylic oxidation sites excluding steroid dienone is 2. The molecule has 0 aliphatic heterocycles. The fourth-order valence-electron chi connectivity index (χ4n) is 1.63. The fraction of sp³-hybridized carbons (Fsp3) is 0.400. The summed E-state index contributed by atoms with van der Waals surface area (Å²) in [7, 11) is 0. The van der Waals surface area contributed by atoms with Crippen molar-refractivity contribution in [2.24, 2.45) is 5.16 Å². The summed E-state index contributed by atoms with van der Waals surface area (Å²) in [6.07, 6.45) is 8.75. The zero-order valence-electron chi connectivity index (χ0n) is 12.0. The second kappa shape index (κ2) is 9.17. The van der Waals surface area contributed by atoms with Gasteiger partial charge in [-0.3, -0.25) is 0 Å². The molecule has 0 heterocycles. The number of nitrogens with zero attached hydrogens (tertiary/aromatic N) is 1.